The summed E-state index contributed by atoms with van der Waals surface area (Å²) >= 11 is 0. The zero-order valence-corrected chi connectivity index (χ0v) is 12.4. The molecule has 1 fully saturated rings. The Labute approximate surface area is 124 Å². The van der Waals surface area contributed by atoms with Gasteiger partial charge in [-0.1, -0.05) is 36.2 Å². The Hall–Kier alpha value is -1.68. The third kappa shape index (κ3) is 3.32. The van der Waals surface area contributed by atoms with E-state index in [2.05, 4.69) is 10.1 Å². The molecule has 1 aromatic heterocycles. The van der Waals surface area contributed by atoms with Crippen LogP contribution in [0.2, 0.25) is 0 Å². The SMILES string of the molecule is Cc1cc([C@@H]2CCCCCN2Cc2ccccc2F)on1. The molecule has 2 heterocycles. The molecule has 0 spiro atoms. The second-order valence-corrected chi connectivity index (χ2v) is 5.80. The van der Waals surface area contributed by atoms with Crippen LogP contribution in [0, 0.1) is 12.7 Å². The first kappa shape index (κ1) is 14.3. The quantitative estimate of drug-likeness (QED) is 0.846. The van der Waals surface area contributed by atoms with Crippen LogP contribution in [-0.4, -0.2) is 16.6 Å². The second-order valence-electron chi connectivity index (χ2n) is 5.80. The van der Waals surface area contributed by atoms with Gasteiger partial charge in [-0.15, -0.1) is 0 Å². The highest BCUT2D eigenvalue weighted by atomic mass is 19.1. The Morgan fingerprint density at radius 2 is 2.14 bits per heavy atom. The molecule has 3 rings (SSSR count). The summed E-state index contributed by atoms with van der Waals surface area (Å²) in [7, 11) is 0. The van der Waals surface area contributed by atoms with Crippen molar-refractivity contribution in [3.63, 3.8) is 0 Å². The fourth-order valence-electron chi connectivity index (χ4n) is 3.06. The topological polar surface area (TPSA) is 29.3 Å². The minimum absolute atomic E-state index is 0.130. The number of benzene rings is 1. The van der Waals surface area contributed by atoms with Crippen LogP contribution in [0.3, 0.4) is 0 Å². The zero-order valence-electron chi connectivity index (χ0n) is 12.4. The van der Waals surface area contributed by atoms with E-state index in [0.717, 1.165) is 36.4 Å². The summed E-state index contributed by atoms with van der Waals surface area (Å²) in [6.45, 7) is 3.53. The van der Waals surface area contributed by atoms with Crippen molar-refractivity contribution in [3.8, 4) is 0 Å². The molecular formula is C17H21FN2O. The number of aryl methyl sites for hydroxylation is 1. The van der Waals surface area contributed by atoms with E-state index in [1.165, 1.54) is 18.9 Å². The van der Waals surface area contributed by atoms with E-state index in [9.17, 15) is 4.39 Å². The van der Waals surface area contributed by atoms with Crippen molar-refractivity contribution < 1.29 is 8.91 Å². The third-order valence-electron chi connectivity index (χ3n) is 4.17. The summed E-state index contributed by atoms with van der Waals surface area (Å²) in [5.74, 6) is 0.778. The molecule has 4 heteroatoms. The van der Waals surface area contributed by atoms with Crippen LogP contribution in [0.15, 0.2) is 34.9 Å². The molecule has 21 heavy (non-hydrogen) atoms. The largest absolute Gasteiger partial charge is 0.359 e. The van der Waals surface area contributed by atoms with Crippen LogP contribution in [0.1, 0.15) is 48.7 Å². The molecule has 2 aromatic rings. The lowest BCUT2D eigenvalue weighted by molar-refractivity contribution is 0.158. The summed E-state index contributed by atoms with van der Waals surface area (Å²) in [5.41, 5.74) is 1.65. The van der Waals surface area contributed by atoms with Gasteiger partial charge in [0.1, 0.15) is 5.82 Å². The van der Waals surface area contributed by atoms with Crippen molar-refractivity contribution >= 4 is 0 Å². The maximum atomic E-state index is 13.9. The standard InChI is InChI=1S/C17H21FN2O/c1-13-11-17(21-19-13)16-9-3-2-6-10-20(16)12-14-7-4-5-8-15(14)18/h4-5,7-8,11,16H,2-3,6,9-10,12H2,1H3/t16-/m0/s1. The average Bonchev–Trinajstić information content (AvgIpc) is 2.77. The maximum absolute atomic E-state index is 13.9. The molecule has 1 aliphatic heterocycles. The zero-order chi connectivity index (χ0) is 14.7. The molecule has 0 bridgehead atoms. The van der Waals surface area contributed by atoms with E-state index >= 15 is 0 Å². The Balaban J connectivity index is 1.84. The van der Waals surface area contributed by atoms with Crippen molar-refractivity contribution in [2.75, 3.05) is 6.54 Å². The molecule has 1 aromatic carbocycles. The number of aromatic nitrogens is 1. The lowest BCUT2D eigenvalue weighted by Crippen LogP contribution is -2.28. The smallest absolute Gasteiger partial charge is 0.154 e. The van der Waals surface area contributed by atoms with E-state index in [1.54, 1.807) is 6.07 Å². The minimum atomic E-state index is -0.130. The fourth-order valence-corrected chi connectivity index (χ4v) is 3.06. The predicted octanol–water partition coefficient (Wildman–Crippen LogP) is 4.24. The summed E-state index contributed by atoms with van der Waals surface area (Å²) in [6, 6.07) is 9.23. The normalized spacial score (nSPS) is 20.4. The monoisotopic (exact) mass is 288 g/mol. The Morgan fingerprint density at radius 3 is 2.90 bits per heavy atom. The molecule has 112 valence electrons. The van der Waals surface area contributed by atoms with Gasteiger partial charge < -0.3 is 4.52 Å². The molecule has 1 saturated heterocycles. The molecule has 0 N–H and O–H groups in total. The molecule has 0 unspecified atom stereocenters. The number of halogens is 1. The third-order valence-corrected chi connectivity index (χ3v) is 4.17. The molecule has 1 atom stereocenters. The first-order valence-electron chi connectivity index (χ1n) is 7.65. The van der Waals surface area contributed by atoms with Gasteiger partial charge in [0.05, 0.1) is 11.7 Å². The number of hydrogen-bond donors (Lipinski definition) is 0. The molecule has 0 amide bonds. The summed E-state index contributed by atoms with van der Waals surface area (Å²) in [5, 5.41) is 4.01. The van der Waals surface area contributed by atoms with Gasteiger partial charge in [0.25, 0.3) is 0 Å². The lowest BCUT2D eigenvalue weighted by Gasteiger charge is -2.28. The van der Waals surface area contributed by atoms with Gasteiger partial charge in [0.2, 0.25) is 0 Å². The van der Waals surface area contributed by atoms with Crippen molar-refractivity contribution in [2.45, 2.75) is 45.2 Å². The maximum Gasteiger partial charge on any atom is 0.154 e. The Kier molecular flexibility index (Phi) is 4.34. The predicted molar refractivity (Wildman–Crippen MR) is 79.3 cm³/mol. The average molecular weight is 288 g/mol. The highest BCUT2D eigenvalue weighted by Crippen LogP contribution is 2.32. The van der Waals surface area contributed by atoms with Gasteiger partial charge in [-0.05, 0) is 32.4 Å². The van der Waals surface area contributed by atoms with Crippen LogP contribution in [0.4, 0.5) is 4.39 Å². The van der Waals surface area contributed by atoms with Gasteiger partial charge in [0, 0.05) is 18.2 Å². The number of likely N-dealkylation sites (tertiary alicyclic amines) is 1. The Bertz CT molecular complexity index is 596. The van der Waals surface area contributed by atoms with Crippen LogP contribution in [-0.2, 0) is 6.54 Å². The van der Waals surface area contributed by atoms with Crippen LogP contribution in [0.5, 0.6) is 0 Å². The van der Waals surface area contributed by atoms with Crippen molar-refractivity contribution in [1.29, 1.82) is 0 Å². The van der Waals surface area contributed by atoms with Gasteiger partial charge in [-0.2, -0.15) is 0 Å². The second kappa shape index (κ2) is 6.39. The van der Waals surface area contributed by atoms with Gasteiger partial charge >= 0.3 is 0 Å². The molecule has 0 radical (unpaired) electrons. The molecule has 0 aliphatic carbocycles. The van der Waals surface area contributed by atoms with Crippen molar-refractivity contribution in [2.24, 2.45) is 0 Å². The molecule has 1 aliphatic rings. The van der Waals surface area contributed by atoms with E-state index < -0.39 is 0 Å². The van der Waals surface area contributed by atoms with E-state index in [-0.39, 0.29) is 11.9 Å². The number of rotatable bonds is 3. The van der Waals surface area contributed by atoms with Gasteiger partial charge in [-0.3, -0.25) is 4.90 Å². The first-order chi connectivity index (χ1) is 10.2. The Morgan fingerprint density at radius 1 is 1.29 bits per heavy atom. The highest BCUT2D eigenvalue weighted by Gasteiger charge is 2.26. The van der Waals surface area contributed by atoms with Gasteiger partial charge in [-0.25, -0.2) is 4.39 Å². The van der Waals surface area contributed by atoms with E-state index in [4.69, 9.17) is 4.52 Å². The summed E-state index contributed by atoms with van der Waals surface area (Å²) in [6.07, 6.45) is 4.59. The lowest BCUT2D eigenvalue weighted by atomic mass is 10.1. The van der Waals surface area contributed by atoms with Crippen molar-refractivity contribution in [3.05, 3.63) is 53.2 Å². The number of nitrogens with zero attached hydrogens (tertiary/aromatic N) is 2. The van der Waals surface area contributed by atoms with Crippen molar-refractivity contribution in [1.82, 2.24) is 10.1 Å². The minimum Gasteiger partial charge on any atom is -0.359 e. The van der Waals surface area contributed by atoms with E-state index in [1.807, 2.05) is 25.1 Å². The molecular weight excluding hydrogens is 267 g/mol. The van der Waals surface area contributed by atoms with Crippen LogP contribution < -0.4 is 0 Å². The fraction of sp³-hybridized carbons (Fsp3) is 0.471. The molecule has 3 nitrogen and oxygen atoms in total. The first-order valence-corrected chi connectivity index (χ1v) is 7.65. The number of hydrogen-bond acceptors (Lipinski definition) is 3. The summed E-state index contributed by atoms with van der Waals surface area (Å²) < 4.78 is 19.4. The highest BCUT2D eigenvalue weighted by molar-refractivity contribution is 5.18. The van der Waals surface area contributed by atoms with Crippen LogP contribution in [0.25, 0.3) is 0 Å². The van der Waals surface area contributed by atoms with Crippen LogP contribution >= 0.6 is 0 Å². The van der Waals surface area contributed by atoms with E-state index in [0.29, 0.717) is 6.54 Å². The molecule has 0 saturated carbocycles. The summed E-state index contributed by atoms with van der Waals surface area (Å²) in [4.78, 5) is 2.32. The van der Waals surface area contributed by atoms with Gasteiger partial charge in [0.15, 0.2) is 5.76 Å².